The minimum absolute atomic E-state index is 0.00565. The van der Waals surface area contributed by atoms with Gasteiger partial charge in [-0.1, -0.05) is 44.9 Å². The number of imide groups is 1. The number of benzene rings is 1. The standard InChI is InChI=1S/C29H39N5O5/c1-18(2)15-22(30)27(35)34(29(38)33-13-9-5-6-10-14-33)24(26-31-25(28(36)37)19(3)39-26)16-20-17-32(4)23-12-8-7-11-21(20)23/h7-8,11-12,17-18,22,24H,5-6,9-10,13-16,30H2,1-4H3,(H,36,37)/t22-,24+/m0/s1. The highest BCUT2D eigenvalue weighted by Gasteiger charge is 2.40. The zero-order chi connectivity index (χ0) is 28.3. The molecule has 39 heavy (non-hydrogen) atoms. The fourth-order valence-electron chi connectivity index (χ4n) is 5.43. The Labute approximate surface area is 228 Å². The minimum Gasteiger partial charge on any atom is -0.476 e. The molecule has 1 fully saturated rings. The van der Waals surface area contributed by atoms with E-state index < -0.39 is 30.0 Å². The SMILES string of the molecule is Cc1oc([C@@H](Cc2cn(C)c3ccccc23)N(C(=O)[C@@H](N)CC(C)C)C(=O)N2CCCCCC2)nc1C(=O)O. The second-order valence-electron chi connectivity index (χ2n) is 10.9. The molecule has 2 aromatic heterocycles. The van der Waals surface area contributed by atoms with Gasteiger partial charge in [-0.05, 0) is 43.7 Å². The number of hydrogen-bond acceptors (Lipinski definition) is 6. The van der Waals surface area contributed by atoms with Gasteiger partial charge in [-0.2, -0.15) is 0 Å². The maximum atomic E-state index is 14.2. The summed E-state index contributed by atoms with van der Waals surface area (Å²) in [6, 6.07) is 5.52. The zero-order valence-electron chi connectivity index (χ0n) is 23.2. The van der Waals surface area contributed by atoms with E-state index in [0.29, 0.717) is 19.5 Å². The zero-order valence-corrected chi connectivity index (χ0v) is 23.2. The summed E-state index contributed by atoms with van der Waals surface area (Å²) in [5, 5.41) is 10.6. The molecule has 2 atom stereocenters. The first-order valence-corrected chi connectivity index (χ1v) is 13.7. The number of amides is 3. The topological polar surface area (TPSA) is 135 Å². The number of carbonyl (C=O) groups excluding carboxylic acids is 2. The highest BCUT2D eigenvalue weighted by molar-refractivity contribution is 5.97. The first-order chi connectivity index (χ1) is 18.6. The van der Waals surface area contributed by atoms with Crippen molar-refractivity contribution in [3.63, 3.8) is 0 Å². The van der Waals surface area contributed by atoms with Crippen LogP contribution >= 0.6 is 0 Å². The van der Waals surface area contributed by atoms with E-state index in [2.05, 4.69) is 4.98 Å². The molecule has 0 aliphatic carbocycles. The number of rotatable bonds is 8. The Kier molecular flexibility index (Phi) is 8.74. The summed E-state index contributed by atoms with van der Waals surface area (Å²) in [5.74, 6) is -1.50. The Balaban J connectivity index is 1.85. The van der Waals surface area contributed by atoms with Crippen molar-refractivity contribution in [1.29, 1.82) is 0 Å². The van der Waals surface area contributed by atoms with Crippen molar-refractivity contribution < 1.29 is 23.9 Å². The number of nitrogens with two attached hydrogens (primary N) is 1. The highest BCUT2D eigenvalue weighted by atomic mass is 16.4. The van der Waals surface area contributed by atoms with Crippen molar-refractivity contribution >= 4 is 28.8 Å². The van der Waals surface area contributed by atoms with Crippen molar-refractivity contribution in [1.82, 2.24) is 19.4 Å². The Hall–Kier alpha value is -3.66. The molecule has 3 heterocycles. The van der Waals surface area contributed by atoms with Crippen LogP contribution in [0.5, 0.6) is 0 Å². The third kappa shape index (κ3) is 6.16. The van der Waals surface area contributed by atoms with Gasteiger partial charge in [-0.15, -0.1) is 0 Å². The quantitative estimate of drug-likeness (QED) is 0.427. The molecule has 1 aromatic carbocycles. The number of nitrogens with zero attached hydrogens (tertiary/aromatic N) is 4. The second-order valence-corrected chi connectivity index (χ2v) is 10.9. The van der Waals surface area contributed by atoms with Gasteiger partial charge in [-0.3, -0.25) is 4.79 Å². The number of aryl methyl sites for hydroxylation is 2. The van der Waals surface area contributed by atoms with Gasteiger partial charge in [0.25, 0.3) is 0 Å². The summed E-state index contributed by atoms with van der Waals surface area (Å²) in [5.41, 5.74) is 8.03. The predicted molar refractivity (Wildman–Crippen MR) is 147 cm³/mol. The molecule has 1 saturated heterocycles. The molecule has 3 amide bonds. The Morgan fingerprint density at radius 3 is 2.41 bits per heavy atom. The van der Waals surface area contributed by atoms with Crippen LogP contribution in [0.25, 0.3) is 10.9 Å². The summed E-state index contributed by atoms with van der Waals surface area (Å²) in [6.45, 7) is 6.53. The van der Waals surface area contributed by atoms with Crippen LogP contribution in [0.2, 0.25) is 0 Å². The number of urea groups is 1. The lowest BCUT2D eigenvalue weighted by molar-refractivity contribution is -0.133. The van der Waals surface area contributed by atoms with Crippen molar-refractivity contribution in [2.24, 2.45) is 18.7 Å². The smallest absolute Gasteiger partial charge is 0.358 e. The van der Waals surface area contributed by atoms with E-state index in [-0.39, 0.29) is 29.7 Å². The van der Waals surface area contributed by atoms with E-state index >= 15 is 0 Å². The van der Waals surface area contributed by atoms with Crippen LogP contribution < -0.4 is 5.73 Å². The van der Waals surface area contributed by atoms with Gasteiger partial charge >= 0.3 is 12.0 Å². The lowest BCUT2D eigenvalue weighted by Crippen LogP contribution is -2.54. The van der Waals surface area contributed by atoms with E-state index in [9.17, 15) is 19.5 Å². The number of aromatic carboxylic acids is 1. The summed E-state index contributed by atoms with van der Waals surface area (Å²) in [4.78, 5) is 47.2. The number of hydrogen-bond donors (Lipinski definition) is 2. The van der Waals surface area contributed by atoms with Gasteiger partial charge < -0.3 is 24.7 Å². The number of para-hydroxylation sites is 1. The van der Waals surface area contributed by atoms with E-state index in [1.54, 1.807) is 4.90 Å². The molecular formula is C29H39N5O5. The molecule has 1 aliphatic heterocycles. The Bertz CT molecular complexity index is 1340. The average molecular weight is 538 g/mol. The van der Waals surface area contributed by atoms with E-state index in [1.165, 1.54) is 11.8 Å². The van der Waals surface area contributed by atoms with Crippen LogP contribution in [0.3, 0.4) is 0 Å². The summed E-state index contributed by atoms with van der Waals surface area (Å²) >= 11 is 0. The van der Waals surface area contributed by atoms with Crippen LogP contribution in [-0.4, -0.2) is 61.5 Å². The predicted octanol–water partition coefficient (Wildman–Crippen LogP) is 4.65. The van der Waals surface area contributed by atoms with Gasteiger partial charge in [-0.25, -0.2) is 19.5 Å². The fourth-order valence-corrected chi connectivity index (χ4v) is 5.43. The maximum Gasteiger partial charge on any atom is 0.358 e. The molecule has 0 saturated carbocycles. The Morgan fingerprint density at radius 1 is 1.13 bits per heavy atom. The van der Waals surface area contributed by atoms with E-state index in [1.807, 2.05) is 55.9 Å². The molecule has 210 valence electrons. The summed E-state index contributed by atoms with van der Waals surface area (Å²) in [6.07, 6.45) is 6.28. The lowest BCUT2D eigenvalue weighted by Gasteiger charge is -2.34. The number of likely N-dealkylation sites (tertiary alicyclic amines) is 1. The number of oxazole rings is 1. The number of fused-ring (bicyclic) bond motifs is 1. The van der Waals surface area contributed by atoms with Crippen LogP contribution in [0.1, 0.15) is 79.7 Å². The largest absolute Gasteiger partial charge is 0.476 e. The molecule has 0 bridgehead atoms. The number of carboxylic acids is 1. The third-order valence-electron chi connectivity index (χ3n) is 7.37. The first-order valence-electron chi connectivity index (χ1n) is 13.7. The molecule has 0 spiro atoms. The normalized spacial score (nSPS) is 15.8. The molecule has 0 unspecified atom stereocenters. The summed E-state index contributed by atoms with van der Waals surface area (Å²) < 4.78 is 7.86. The van der Waals surface area contributed by atoms with Gasteiger partial charge in [0.05, 0.1) is 6.04 Å². The second kappa shape index (κ2) is 12.0. The van der Waals surface area contributed by atoms with Crippen molar-refractivity contribution in [2.75, 3.05) is 13.1 Å². The Morgan fingerprint density at radius 2 is 1.79 bits per heavy atom. The molecule has 10 nitrogen and oxygen atoms in total. The minimum atomic E-state index is -1.24. The van der Waals surface area contributed by atoms with Gasteiger partial charge in [0.1, 0.15) is 11.8 Å². The monoisotopic (exact) mass is 537 g/mol. The number of carboxylic acid groups (broad SMARTS) is 1. The molecule has 3 N–H and O–H groups in total. The molecular weight excluding hydrogens is 498 g/mol. The van der Waals surface area contributed by atoms with Crippen molar-refractivity contribution in [3.8, 4) is 0 Å². The number of aromatic nitrogens is 2. The average Bonchev–Trinajstić information content (AvgIpc) is 3.29. The molecule has 10 heteroatoms. The highest BCUT2D eigenvalue weighted by Crippen LogP contribution is 2.32. The summed E-state index contributed by atoms with van der Waals surface area (Å²) in [7, 11) is 1.93. The lowest BCUT2D eigenvalue weighted by atomic mass is 10.00. The molecule has 0 radical (unpaired) electrons. The van der Waals surface area contributed by atoms with E-state index in [0.717, 1.165) is 42.1 Å². The fraction of sp³-hybridized carbons (Fsp3) is 0.517. The molecule has 3 aromatic rings. The van der Waals surface area contributed by atoms with Crippen LogP contribution in [0.15, 0.2) is 34.9 Å². The molecule has 4 rings (SSSR count). The van der Waals surface area contributed by atoms with E-state index in [4.69, 9.17) is 10.2 Å². The van der Waals surface area contributed by atoms with Crippen LogP contribution in [0, 0.1) is 12.8 Å². The van der Waals surface area contributed by atoms with Gasteiger partial charge in [0.2, 0.25) is 11.8 Å². The number of carbonyl (C=O) groups is 3. The molecule has 1 aliphatic rings. The van der Waals surface area contributed by atoms with Gasteiger partial charge in [0.15, 0.2) is 5.69 Å². The van der Waals surface area contributed by atoms with Crippen LogP contribution in [-0.2, 0) is 18.3 Å². The van der Waals surface area contributed by atoms with Gasteiger partial charge in [0, 0.05) is 43.7 Å². The third-order valence-corrected chi connectivity index (χ3v) is 7.37. The maximum absolute atomic E-state index is 14.2. The first kappa shape index (κ1) is 28.4. The van der Waals surface area contributed by atoms with Crippen molar-refractivity contribution in [2.45, 2.75) is 71.4 Å². The van der Waals surface area contributed by atoms with Crippen molar-refractivity contribution in [3.05, 3.63) is 53.4 Å². The van der Waals surface area contributed by atoms with Crippen LogP contribution in [0.4, 0.5) is 4.79 Å².